The van der Waals surface area contributed by atoms with Crippen LogP contribution < -0.4 is 5.73 Å². The summed E-state index contributed by atoms with van der Waals surface area (Å²) < 4.78 is 27.7. The lowest BCUT2D eigenvalue weighted by molar-refractivity contribution is 0.0126. The number of aryl methyl sites for hydroxylation is 1. The zero-order chi connectivity index (χ0) is 15.1. The first kappa shape index (κ1) is 15.0. The molecule has 1 amide bonds. The van der Waals surface area contributed by atoms with Gasteiger partial charge in [0.2, 0.25) is 10.0 Å². The van der Waals surface area contributed by atoms with E-state index in [2.05, 4.69) is 0 Å². The molecule has 3 N–H and O–H groups in total. The highest BCUT2D eigenvalue weighted by atomic mass is 32.2. The summed E-state index contributed by atoms with van der Waals surface area (Å²) in [6, 6.07) is 1.28. The largest absolute Gasteiger partial charge is 0.390 e. The van der Waals surface area contributed by atoms with Gasteiger partial charge in [0.1, 0.15) is 10.6 Å². The molecule has 112 valence electrons. The summed E-state index contributed by atoms with van der Waals surface area (Å²) in [5, 5.41) is 9.86. The number of piperidine rings is 1. The number of primary amides is 1. The molecule has 0 aromatic carbocycles. The Balaban J connectivity index is 2.27. The van der Waals surface area contributed by atoms with Crippen molar-refractivity contribution in [3.8, 4) is 0 Å². The highest BCUT2D eigenvalue weighted by Gasteiger charge is 2.34. The third-order valence-electron chi connectivity index (χ3n) is 3.67. The first-order valence-corrected chi connectivity index (χ1v) is 7.76. The van der Waals surface area contributed by atoms with Gasteiger partial charge in [0.25, 0.3) is 5.91 Å². The van der Waals surface area contributed by atoms with Crippen molar-refractivity contribution >= 4 is 15.9 Å². The molecule has 1 fully saturated rings. The third kappa shape index (κ3) is 2.72. The first-order chi connectivity index (χ1) is 9.13. The summed E-state index contributed by atoms with van der Waals surface area (Å²) in [7, 11) is -2.08. The van der Waals surface area contributed by atoms with Gasteiger partial charge in [-0.1, -0.05) is 0 Å². The van der Waals surface area contributed by atoms with E-state index in [1.807, 2.05) is 0 Å². The van der Waals surface area contributed by atoms with Gasteiger partial charge in [0.15, 0.2) is 0 Å². The summed E-state index contributed by atoms with van der Waals surface area (Å²) in [6.45, 7) is 2.22. The quantitative estimate of drug-likeness (QED) is 0.796. The van der Waals surface area contributed by atoms with Crippen LogP contribution in [0.1, 0.15) is 30.3 Å². The van der Waals surface area contributed by atoms with Crippen LogP contribution in [-0.2, 0) is 17.1 Å². The van der Waals surface area contributed by atoms with E-state index in [-0.39, 0.29) is 23.7 Å². The van der Waals surface area contributed by atoms with Crippen molar-refractivity contribution in [3.63, 3.8) is 0 Å². The third-order valence-corrected chi connectivity index (χ3v) is 5.53. The molecule has 7 nitrogen and oxygen atoms in total. The van der Waals surface area contributed by atoms with Crippen LogP contribution in [0, 0.1) is 0 Å². The van der Waals surface area contributed by atoms with Crippen LogP contribution in [0.15, 0.2) is 17.2 Å². The maximum atomic E-state index is 12.5. The normalized spacial score (nSPS) is 19.9. The summed E-state index contributed by atoms with van der Waals surface area (Å²) in [4.78, 5) is 11.2. The Morgan fingerprint density at radius 1 is 1.40 bits per heavy atom. The molecule has 1 aliphatic rings. The lowest BCUT2D eigenvalue weighted by atomic mass is 9.95. The fourth-order valence-corrected chi connectivity index (χ4v) is 3.79. The first-order valence-electron chi connectivity index (χ1n) is 6.32. The number of hydrogen-bond donors (Lipinski definition) is 2. The van der Waals surface area contributed by atoms with Crippen LogP contribution in [0.25, 0.3) is 0 Å². The molecule has 0 radical (unpaired) electrons. The average Bonchev–Trinajstić information content (AvgIpc) is 2.71. The topological polar surface area (TPSA) is 106 Å². The number of aromatic nitrogens is 1. The zero-order valence-corrected chi connectivity index (χ0v) is 12.4. The second-order valence-corrected chi connectivity index (χ2v) is 7.38. The van der Waals surface area contributed by atoms with Gasteiger partial charge in [-0.25, -0.2) is 8.42 Å². The minimum atomic E-state index is -3.65. The molecule has 8 heteroatoms. The van der Waals surface area contributed by atoms with Gasteiger partial charge in [-0.05, 0) is 25.8 Å². The second-order valence-electron chi connectivity index (χ2n) is 5.44. The Hall–Kier alpha value is -1.38. The molecule has 0 atom stereocenters. The molecule has 0 saturated carbocycles. The van der Waals surface area contributed by atoms with Crippen LogP contribution in [0.4, 0.5) is 0 Å². The number of amides is 1. The van der Waals surface area contributed by atoms with Crippen molar-refractivity contribution in [2.24, 2.45) is 12.8 Å². The minimum absolute atomic E-state index is 0.0512. The number of hydrogen-bond acceptors (Lipinski definition) is 4. The van der Waals surface area contributed by atoms with E-state index in [4.69, 9.17) is 5.73 Å². The molecule has 1 aliphatic heterocycles. The Kier molecular flexibility index (Phi) is 3.66. The standard InChI is InChI=1S/C12H19N3O4S/c1-12(17)3-5-15(6-4-12)20(18,19)9-7-10(11(13)16)14(2)8-9/h7-8,17H,3-6H2,1-2H3,(H2,13,16). The summed E-state index contributed by atoms with van der Waals surface area (Å²) in [5.74, 6) is -0.671. The van der Waals surface area contributed by atoms with Gasteiger partial charge in [-0.15, -0.1) is 0 Å². The number of carbonyl (C=O) groups excluding carboxylic acids is 1. The summed E-state index contributed by atoms with van der Waals surface area (Å²) in [6.07, 6.45) is 2.16. The van der Waals surface area contributed by atoms with E-state index < -0.39 is 21.5 Å². The lowest BCUT2D eigenvalue weighted by Gasteiger charge is -2.34. The SMILES string of the molecule is Cn1cc(S(=O)(=O)N2CCC(C)(O)CC2)cc1C(N)=O. The van der Waals surface area contributed by atoms with Crippen LogP contribution in [0.3, 0.4) is 0 Å². The van der Waals surface area contributed by atoms with E-state index in [0.29, 0.717) is 12.8 Å². The second kappa shape index (κ2) is 4.87. The molecule has 2 rings (SSSR count). The number of rotatable bonds is 3. The molecule has 0 unspecified atom stereocenters. The van der Waals surface area contributed by atoms with Crippen molar-refractivity contribution in [1.82, 2.24) is 8.87 Å². The average molecular weight is 301 g/mol. The predicted octanol–water partition coefficient (Wildman–Crippen LogP) is -0.340. The molecular weight excluding hydrogens is 282 g/mol. The Bertz CT molecular complexity index is 623. The highest BCUT2D eigenvalue weighted by Crippen LogP contribution is 2.26. The van der Waals surface area contributed by atoms with E-state index in [1.165, 1.54) is 21.1 Å². The van der Waals surface area contributed by atoms with E-state index in [0.717, 1.165) is 0 Å². The van der Waals surface area contributed by atoms with Crippen LogP contribution in [-0.4, -0.2) is 47.0 Å². The molecule has 0 aliphatic carbocycles. The predicted molar refractivity (Wildman–Crippen MR) is 72.5 cm³/mol. The molecule has 1 saturated heterocycles. The Morgan fingerprint density at radius 2 is 1.95 bits per heavy atom. The van der Waals surface area contributed by atoms with Gasteiger partial charge in [0, 0.05) is 26.3 Å². The van der Waals surface area contributed by atoms with Crippen molar-refractivity contribution < 1.29 is 18.3 Å². The van der Waals surface area contributed by atoms with E-state index in [1.54, 1.807) is 14.0 Å². The summed E-state index contributed by atoms with van der Waals surface area (Å²) in [5.41, 5.74) is 4.51. The van der Waals surface area contributed by atoms with Crippen LogP contribution in [0.5, 0.6) is 0 Å². The van der Waals surface area contributed by atoms with Gasteiger partial charge in [-0.3, -0.25) is 4.79 Å². The molecule has 1 aromatic heterocycles. The van der Waals surface area contributed by atoms with Crippen LogP contribution >= 0.6 is 0 Å². The molecular formula is C12H19N3O4S. The van der Waals surface area contributed by atoms with Crippen molar-refractivity contribution in [1.29, 1.82) is 0 Å². The highest BCUT2D eigenvalue weighted by molar-refractivity contribution is 7.89. The van der Waals surface area contributed by atoms with Gasteiger partial charge in [-0.2, -0.15) is 4.31 Å². The van der Waals surface area contributed by atoms with Gasteiger partial charge in [0.05, 0.1) is 5.60 Å². The number of aliphatic hydroxyl groups is 1. The van der Waals surface area contributed by atoms with Crippen LogP contribution in [0.2, 0.25) is 0 Å². The molecule has 20 heavy (non-hydrogen) atoms. The maximum Gasteiger partial charge on any atom is 0.265 e. The van der Waals surface area contributed by atoms with Crippen molar-refractivity contribution in [2.45, 2.75) is 30.3 Å². The van der Waals surface area contributed by atoms with Crippen molar-refractivity contribution in [2.75, 3.05) is 13.1 Å². The zero-order valence-electron chi connectivity index (χ0n) is 11.5. The fourth-order valence-electron chi connectivity index (χ4n) is 2.28. The number of sulfonamides is 1. The molecule has 0 bridgehead atoms. The number of carbonyl (C=O) groups is 1. The maximum absolute atomic E-state index is 12.5. The van der Waals surface area contributed by atoms with Gasteiger partial charge < -0.3 is 15.4 Å². The number of nitrogens with zero attached hydrogens (tertiary/aromatic N) is 2. The molecule has 2 heterocycles. The molecule has 1 aromatic rings. The molecule has 0 spiro atoms. The van der Waals surface area contributed by atoms with Crippen molar-refractivity contribution in [3.05, 3.63) is 18.0 Å². The summed E-state index contributed by atoms with van der Waals surface area (Å²) >= 11 is 0. The van der Waals surface area contributed by atoms with E-state index >= 15 is 0 Å². The lowest BCUT2D eigenvalue weighted by Crippen LogP contribution is -2.44. The minimum Gasteiger partial charge on any atom is -0.390 e. The smallest absolute Gasteiger partial charge is 0.265 e. The fraction of sp³-hybridized carbons (Fsp3) is 0.583. The number of nitrogens with two attached hydrogens (primary N) is 1. The Labute approximate surface area is 118 Å². The van der Waals surface area contributed by atoms with Gasteiger partial charge >= 0.3 is 0 Å². The monoisotopic (exact) mass is 301 g/mol. The van der Waals surface area contributed by atoms with E-state index in [9.17, 15) is 18.3 Å². The Morgan fingerprint density at radius 3 is 2.40 bits per heavy atom.